The van der Waals surface area contributed by atoms with Gasteiger partial charge in [0.2, 0.25) is 0 Å². The van der Waals surface area contributed by atoms with Crippen LogP contribution in [-0.2, 0) is 4.79 Å². The van der Waals surface area contributed by atoms with Gasteiger partial charge in [0.05, 0.1) is 16.3 Å². The normalized spacial score (nSPS) is 18.4. The van der Waals surface area contributed by atoms with Crippen LogP contribution in [0.2, 0.25) is 0 Å². The Morgan fingerprint density at radius 1 is 1.19 bits per heavy atom. The number of likely N-dealkylation sites (tertiary alicyclic amines) is 1. The third-order valence-electron chi connectivity index (χ3n) is 5.06. The number of hydrogen-bond acceptors (Lipinski definition) is 4. The van der Waals surface area contributed by atoms with Crippen LogP contribution in [-0.4, -0.2) is 28.4 Å². The highest BCUT2D eigenvalue weighted by Gasteiger charge is 2.33. The van der Waals surface area contributed by atoms with Gasteiger partial charge in [-0.05, 0) is 57.4 Å². The standard InChI is InChI=1S/C22H24N2O2S/c1-15-10-12-17(13-11-15)26-16(2)22(25)24-14-6-5-8-19(24)21-23-18-7-3-4-9-20(18)27-21/h3-4,7,9-13,16,19H,5-6,8,14H2,1-2H3. The molecule has 2 heterocycles. The number of para-hydroxylation sites is 1. The number of rotatable bonds is 4. The highest BCUT2D eigenvalue weighted by atomic mass is 32.1. The fourth-order valence-electron chi connectivity index (χ4n) is 3.59. The van der Waals surface area contributed by atoms with Crippen LogP contribution in [0.3, 0.4) is 0 Å². The van der Waals surface area contributed by atoms with E-state index in [0.29, 0.717) is 0 Å². The average molecular weight is 381 g/mol. The molecule has 0 aliphatic carbocycles. The van der Waals surface area contributed by atoms with E-state index in [2.05, 4.69) is 6.07 Å². The lowest BCUT2D eigenvalue weighted by Gasteiger charge is -2.36. The van der Waals surface area contributed by atoms with Crippen molar-refractivity contribution in [1.82, 2.24) is 9.88 Å². The molecule has 2 aromatic carbocycles. The zero-order valence-corrected chi connectivity index (χ0v) is 16.5. The van der Waals surface area contributed by atoms with Crippen molar-refractivity contribution < 1.29 is 9.53 Å². The number of thiazole rings is 1. The number of carbonyl (C=O) groups excluding carboxylic acids is 1. The minimum Gasteiger partial charge on any atom is -0.481 e. The molecule has 5 heteroatoms. The lowest BCUT2D eigenvalue weighted by Crippen LogP contribution is -2.44. The third kappa shape index (κ3) is 3.83. The molecule has 0 spiro atoms. The van der Waals surface area contributed by atoms with Crippen LogP contribution in [0.4, 0.5) is 0 Å². The van der Waals surface area contributed by atoms with E-state index >= 15 is 0 Å². The van der Waals surface area contributed by atoms with Crippen LogP contribution in [0, 0.1) is 6.92 Å². The molecule has 0 bridgehead atoms. The molecule has 1 fully saturated rings. The molecule has 1 saturated heterocycles. The average Bonchev–Trinajstić information content (AvgIpc) is 3.13. The quantitative estimate of drug-likeness (QED) is 0.630. The molecule has 0 N–H and O–H groups in total. The van der Waals surface area contributed by atoms with Crippen molar-refractivity contribution in [2.75, 3.05) is 6.54 Å². The summed E-state index contributed by atoms with van der Waals surface area (Å²) < 4.78 is 7.09. The number of benzene rings is 2. The van der Waals surface area contributed by atoms with Gasteiger partial charge in [0.15, 0.2) is 6.10 Å². The zero-order valence-electron chi connectivity index (χ0n) is 15.7. The summed E-state index contributed by atoms with van der Waals surface area (Å²) >= 11 is 1.70. The monoisotopic (exact) mass is 380 g/mol. The molecular weight excluding hydrogens is 356 g/mol. The Bertz CT molecular complexity index is 902. The van der Waals surface area contributed by atoms with E-state index in [1.54, 1.807) is 11.3 Å². The SMILES string of the molecule is Cc1ccc(OC(C)C(=O)N2CCCCC2c2nc3ccccc3s2)cc1. The summed E-state index contributed by atoms with van der Waals surface area (Å²) in [6, 6.07) is 16.0. The first-order chi connectivity index (χ1) is 13.1. The van der Waals surface area contributed by atoms with Crippen molar-refractivity contribution >= 4 is 27.5 Å². The van der Waals surface area contributed by atoms with E-state index in [9.17, 15) is 4.79 Å². The van der Waals surface area contributed by atoms with Crippen LogP contribution in [0.5, 0.6) is 5.75 Å². The Morgan fingerprint density at radius 3 is 2.74 bits per heavy atom. The minimum absolute atomic E-state index is 0.0412. The second-order valence-corrected chi connectivity index (χ2v) is 8.20. The van der Waals surface area contributed by atoms with Crippen molar-refractivity contribution in [3.8, 4) is 5.75 Å². The molecule has 1 amide bonds. The summed E-state index contributed by atoms with van der Waals surface area (Å²) in [6.45, 7) is 4.64. The first-order valence-electron chi connectivity index (χ1n) is 9.51. The predicted molar refractivity (Wildman–Crippen MR) is 109 cm³/mol. The number of carbonyl (C=O) groups is 1. The maximum atomic E-state index is 13.1. The van der Waals surface area contributed by atoms with Crippen LogP contribution in [0.15, 0.2) is 48.5 Å². The number of piperidine rings is 1. The van der Waals surface area contributed by atoms with E-state index in [4.69, 9.17) is 9.72 Å². The summed E-state index contributed by atoms with van der Waals surface area (Å²) in [6.07, 6.45) is 2.60. The molecule has 27 heavy (non-hydrogen) atoms. The van der Waals surface area contributed by atoms with Gasteiger partial charge in [-0.2, -0.15) is 0 Å². The lowest BCUT2D eigenvalue weighted by molar-refractivity contribution is -0.142. The summed E-state index contributed by atoms with van der Waals surface area (Å²) in [5.74, 6) is 0.773. The largest absolute Gasteiger partial charge is 0.481 e. The topological polar surface area (TPSA) is 42.4 Å². The Labute approximate surface area is 163 Å². The van der Waals surface area contributed by atoms with Gasteiger partial charge in [0, 0.05) is 6.54 Å². The van der Waals surface area contributed by atoms with Gasteiger partial charge in [-0.25, -0.2) is 4.98 Å². The van der Waals surface area contributed by atoms with Crippen molar-refractivity contribution in [3.63, 3.8) is 0 Å². The second-order valence-electron chi connectivity index (χ2n) is 7.14. The van der Waals surface area contributed by atoms with Crippen LogP contribution in [0.1, 0.15) is 42.8 Å². The van der Waals surface area contributed by atoms with Gasteiger partial charge in [-0.1, -0.05) is 29.8 Å². The van der Waals surface area contributed by atoms with E-state index in [0.717, 1.165) is 42.1 Å². The Morgan fingerprint density at radius 2 is 1.96 bits per heavy atom. The van der Waals surface area contributed by atoms with E-state index in [1.807, 2.05) is 61.2 Å². The molecule has 1 aromatic heterocycles. The van der Waals surface area contributed by atoms with Gasteiger partial charge in [0.25, 0.3) is 5.91 Å². The number of amides is 1. The van der Waals surface area contributed by atoms with Gasteiger partial charge in [-0.3, -0.25) is 4.79 Å². The van der Waals surface area contributed by atoms with Crippen LogP contribution in [0.25, 0.3) is 10.2 Å². The molecule has 1 aliphatic heterocycles. The number of hydrogen-bond donors (Lipinski definition) is 0. The lowest BCUT2D eigenvalue weighted by atomic mass is 10.0. The summed E-state index contributed by atoms with van der Waals surface area (Å²) in [7, 11) is 0. The first-order valence-corrected chi connectivity index (χ1v) is 10.3. The maximum absolute atomic E-state index is 13.1. The molecule has 140 valence electrons. The molecule has 4 nitrogen and oxygen atoms in total. The Balaban J connectivity index is 1.54. The maximum Gasteiger partial charge on any atom is 0.263 e. The van der Waals surface area contributed by atoms with Gasteiger partial charge >= 0.3 is 0 Å². The fraction of sp³-hybridized carbons (Fsp3) is 0.364. The fourth-order valence-corrected chi connectivity index (χ4v) is 4.70. The van der Waals surface area contributed by atoms with Crippen LogP contribution >= 0.6 is 11.3 Å². The number of ether oxygens (including phenoxy) is 1. The van der Waals surface area contributed by atoms with Gasteiger partial charge in [-0.15, -0.1) is 11.3 Å². The molecule has 2 unspecified atom stereocenters. The highest BCUT2D eigenvalue weighted by Crippen LogP contribution is 2.36. The van der Waals surface area contributed by atoms with Gasteiger partial charge in [0.1, 0.15) is 10.8 Å². The number of aryl methyl sites for hydroxylation is 1. The second kappa shape index (κ2) is 7.69. The number of aromatic nitrogens is 1. The predicted octanol–water partition coefficient (Wildman–Crippen LogP) is 5.13. The first kappa shape index (κ1) is 18.0. The molecule has 0 radical (unpaired) electrons. The van der Waals surface area contributed by atoms with E-state index in [1.165, 1.54) is 10.3 Å². The molecule has 2 atom stereocenters. The van der Waals surface area contributed by atoms with Crippen molar-refractivity contribution in [1.29, 1.82) is 0 Å². The van der Waals surface area contributed by atoms with Crippen LogP contribution < -0.4 is 4.74 Å². The highest BCUT2D eigenvalue weighted by molar-refractivity contribution is 7.18. The minimum atomic E-state index is -0.511. The summed E-state index contributed by atoms with van der Waals surface area (Å²) in [5.41, 5.74) is 2.19. The number of nitrogens with zero attached hydrogens (tertiary/aromatic N) is 2. The molecule has 0 saturated carbocycles. The molecular formula is C22H24N2O2S. The van der Waals surface area contributed by atoms with Crippen molar-refractivity contribution in [3.05, 3.63) is 59.1 Å². The van der Waals surface area contributed by atoms with E-state index in [-0.39, 0.29) is 11.9 Å². The Kier molecular flexibility index (Phi) is 5.12. The summed E-state index contributed by atoms with van der Waals surface area (Å²) in [5, 5.41) is 1.03. The van der Waals surface area contributed by atoms with Crippen molar-refractivity contribution in [2.45, 2.75) is 45.3 Å². The third-order valence-corrected chi connectivity index (χ3v) is 6.20. The smallest absolute Gasteiger partial charge is 0.263 e. The molecule has 3 aromatic rings. The molecule has 1 aliphatic rings. The van der Waals surface area contributed by atoms with E-state index < -0.39 is 6.10 Å². The number of fused-ring (bicyclic) bond motifs is 1. The zero-order chi connectivity index (χ0) is 18.8. The molecule has 4 rings (SSSR count). The summed E-state index contributed by atoms with van der Waals surface area (Å²) in [4.78, 5) is 19.9. The Hall–Kier alpha value is -2.40. The van der Waals surface area contributed by atoms with Crippen molar-refractivity contribution in [2.24, 2.45) is 0 Å². The van der Waals surface area contributed by atoms with Gasteiger partial charge < -0.3 is 9.64 Å².